The molecule has 1 aromatic heterocycles. The summed E-state index contributed by atoms with van der Waals surface area (Å²) < 4.78 is 33.9. The molecule has 2 atom stereocenters. The molecule has 1 aliphatic heterocycles. The molecule has 1 aliphatic rings. The van der Waals surface area contributed by atoms with Gasteiger partial charge < -0.3 is 15.4 Å². The molecule has 3 aromatic rings. The molecule has 8 heteroatoms. The zero-order valence-corrected chi connectivity index (χ0v) is 20.6. The first-order valence-corrected chi connectivity index (χ1v) is 12.4. The van der Waals surface area contributed by atoms with Crippen molar-refractivity contribution in [2.75, 3.05) is 18.4 Å². The van der Waals surface area contributed by atoms with Gasteiger partial charge in [-0.15, -0.1) is 0 Å². The van der Waals surface area contributed by atoms with Crippen molar-refractivity contribution in [1.29, 1.82) is 5.26 Å². The Balaban J connectivity index is 1.50. The van der Waals surface area contributed by atoms with E-state index < -0.39 is 18.6 Å². The first-order chi connectivity index (χ1) is 17.4. The van der Waals surface area contributed by atoms with Crippen LogP contribution < -0.4 is 15.4 Å². The summed E-state index contributed by atoms with van der Waals surface area (Å²) in [6.07, 6.45) is 3.97. The van der Waals surface area contributed by atoms with Crippen molar-refractivity contribution in [3.63, 3.8) is 0 Å². The minimum atomic E-state index is -3.00. The number of ether oxygens (including phenoxy) is 1. The summed E-state index contributed by atoms with van der Waals surface area (Å²) in [6, 6.07) is 17.0. The number of anilines is 2. The van der Waals surface area contributed by atoms with E-state index in [1.54, 1.807) is 30.5 Å². The number of aromatic nitrogens is 2. The van der Waals surface area contributed by atoms with Crippen LogP contribution in [0.1, 0.15) is 56.6 Å². The maximum absolute atomic E-state index is 14.2. The van der Waals surface area contributed by atoms with Crippen LogP contribution in [0.5, 0.6) is 5.75 Å². The first-order valence-electron chi connectivity index (χ1n) is 12.4. The third-order valence-electron chi connectivity index (χ3n) is 6.50. The summed E-state index contributed by atoms with van der Waals surface area (Å²) in [5.74, 6) is -1.86. The second-order valence-corrected chi connectivity index (χ2v) is 9.06. The van der Waals surface area contributed by atoms with Gasteiger partial charge in [-0.05, 0) is 67.3 Å². The highest BCUT2D eigenvalue weighted by Crippen LogP contribution is 2.32. The quantitative estimate of drug-likeness (QED) is 0.359. The van der Waals surface area contributed by atoms with Crippen molar-refractivity contribution in [2.45, 2.75) is 57.5 Å². The Morgan fingerprint density at radius 2 is 2.00 bits per heavy atom. The van der Waals surface area contributed by atoms with Gasteiger partial charge in [0.05, 0.1) is 17.8 Å². The Labute approximate surface area is 210 Å². The van der Waals surface area contributed by atoms with Crippen LogP contribution >= 0.6 is 0 Å². The lowest BCUT2D eigenvalue weighted by Crippen LogP contribution is -2.52. The van der Waals surface area contributed by atoms with Crippen LogP contribution in [0.2, 0.25) is 0 Å². The van der Waals surface area contributed by atoms with Crippen LogP contribution in [0, 0.1) is 11.3 Å². The molecule has 0 saturated carbocycles. The lowest BCUT2D eigenvalue weighted by molar-refractivity contribution is -0.109. The van der Waals surface area contributed by atoms with Crippen molar-refractivity contribution in [3.8, 4) is 23.1 Å². The second-order valence-electron chi connectivity index (χ2n) is 9.06. The number of rotatable bonds is 9. The number of piperidine rings is 1. The molecule has 2 unspecified atom stereocenters. The molecule has 2 N–H and O–H groups in total. The Morgan fingerprint density at radius 3 is 2.69 bits per heavy atom. The molecule has 0 spiro atoms. The SMILES string of the molecule is CCCC(CC)c1ccc(Nc2nccc(-c3ccc(OC4CCNCC4(F)F)c(C#N)c3)n2)cc1. The smallest absolute Gasteiger partial charge is 0.296 e. The maximum Gasteiger partial charge on any atom is 0.296 e. The largest absolute Gasteiger partial charge is 0.483 e. The van der Waals surface area contributed by atoms with Gasteiger partial charge in [-0.1, -0.05) is 32.4 Å². The average Bonchev–Trinajstić information content (AvgIpc) is 2.89. The Hall–Kier alpha value is -3.57. The highest BCUT2D eigenvalue weighted by molar-refractivity contribution is 5.66. The molecule has 36 heavy (non-hydrogen) atoms. The molecule has 2 aromatic carbocycles. The van der Waals surface area contributed by atoms with Gasteiger partial charge in [-0.2, -0.15) is 5.26 Å². The topological polar surface area (TPSA) is 82.9 Å². The van der Waals surface area contributed by atoms with E-state index in [1.165, 1.54) is 12.0 Å². The number of nitrogens with zero attached hydrogens (tertiary/aromatic N) is 3. The van der Waals surface area contributed by atoms with Crippen LogP contribution in [0.4, 0.5) is 20.4 Å². The van der Waals surface area contributed by atoms with E-state index in [0.29, 0.717) is 29.7 Å². The highest BCUT2D eigenvalue weighted by atomic mass is 19.3. The van der Waals surface area contributed by atoms with Crippen LogP contribution in [0.15, 0.2) is 54.7 Å². The molecule has 2 heterocycles. The monoisotopic (exact) mass is 491 g/mol. The number of alkyl halides is 2. The summed E-state index contributed by atoms with van der Waals surface area (Å²) in [5.41, 5.74) is 3.67. The summed E-state index contributed by atoms with van der Waals surface area (Å²) in [6.45, 7) is 4.42. The standard InChI is InChI=1S/C28H31F2N5O/c1-3-5-19(4-2)20-6-9-23(10-7-20)34-27-33-15-12-24(35-27)21-8-11-25(22(16-21)17-31)36-26-13-14-32-18-28(26,29)30/h6-12,15-16,19,26,32H,3-5,13-14,18H2,1-2H3,(H,33,34,35). The Morgan fingerprint density at radius 1 is 1.19 bits per heavy atom. The van der Waals surface area contributed by atoms with Gasteiger partial charge in [0.1, 0.15) is 11.8 Å². The van der Waals surface area contributed by atoms with Crippen molar-refractivity contribution in [3.05, 3.63) is 65.9 Å². The van der Waals surface area contributed by atoms with Gasteiger partial charge in [0.15, 0.2) is 6.10 Å². The zero-order chi connectivity index (χ0) is 25.5. The molecule has 0 radical (unpaired) electrons. The van der Waals surface area contributed by atoms with Gasteiger partial charge in [0.2, 0.25) is 5.95 Å². The third kappa shape index (κ3) is 5.97. The predicted molar refractivity (Wildman–Crippen MR) is 137 cm³/mol. The fourth-order valence-corrected chi connectivity index (χ4v) is 4.49. The minimum absolute atomic E-state index is 0.147. The molecular weight excluding hydrogens is 460 g/mol. The normalized spacial score (nSPS) is 17.7. The van der Waals surface area contributed by atoms with Gasteiger partial charge in [0.25, 0.3) is 5.92 Å². The molecule has 0 aliphatic carbocycles. The van der Waals surface area contributed by atoms with E-state index in [4.69, 9.17) is 4.74 Å². The Bertz CT molecular complexity index is 1210. The number of nitrogens with one attached hydrogen (secondary N) is 2. The van der Waals surface area contributed by atoms with Crippen molar-refractivity contribution in [1.82, 2.24) is 15.3 Å². The highest BCUT2D eigenvalue weighted by Gasteiger charge is 2.43. The van der Waals surface area contributed by atoms with Crippen molar-refractivity contribution >= 4 is 11.6 Å². The van der Waals surface area contributed by atoms with Gasteiger partial charge in [-0.25, -0.2) is 18.7 Å². The number of nitriles is 1. The number of hydrogen-bond donors (Lipinski definition) is 2. The van der Waals surface area contributed by atoms with Crippen LogP contribution in [0.3, 0.4) is 0 Å². The van der Waals surface area contributed by atoms with Crippen molar-refractivity contribution < 1.29 is 13.5 Å². The lowest BCUT2D eigenvalue weighted by Gasteiger charge is -2.32. The maximum atomic E-state index is 14.2. The average molecular weight is 492 g/mol. The van der Waals surface area contributed by atoms with Gasteiger partial charge in [-0.3, -0.25) is 0 Å². The van der Waals surface area contributed by atoms with E-state index in [-0.39, 0.29) is 17.7 Å². The molecule has 0 amide bonds. The van der Waals surface area contributed by atoms with E-state index in [9.17, 15) is 14.0 Å². The molecule has 1 fully saturated rings. The van der Waals surface area contributed by atoms with Crippen molar-refractivity contribution in [2.24, 2.45) is 0 Å². The van der Waals surface area contributed by atoms with Crippen LogP contribution in [-0.4, -0.2) is 35.1 Å². The van der Waals surface area contributed by atoms with E-state index in [1.807, 2.05) is 12.1 Å². The van der Waals surface area contributed by atoms with E-state index in [0.717, 1.165) is 18.5 Å². The second kappa shape index (κ2) is 11.4. The molecule has 188 valence electrons. The fourth-order valence-electron chi connectivity index (χ4n) is 4.49. The van der Waals surface area contributed by atoms with E-state index >= 15 is 0 Å². The predicted octanol–water partition coefficient (Wildman–Crippen LogP) is 6.43. The molecule has 4 rings (SSSR count). The fraction of sp³-hybridized carbons (Fsp3) is 0.393. The number of halogens is 2. The summed E-state index contributed by atoms with van der Waals surface area (Å²) in [4.78, 5) is 8.90. The number of benzene rings is 2. The zero-order valence-electron chi connectivity index (χ0n) is 20.6. The molecule has 6 nitrogen and oxygen atoms in total. The molecule has 1 saturated heterocycles. The summed E-state index contributed by atoms with van der Waals surface area (Å²) in [7, 11) is 0. The van der Waals surface area contributed by atoms with Gasteiger partial charge >= 0.3 is 0 Å². The first kappa shape index (κ1) is 25.5. The van der Waals surface area contributed by atoms with Gasteiger partial charge in [0, 0.05) is 23.9 Å². The Kier molecular flexibility index (Phi) is 8.11. The summed E-state index contributed by atoms with van der Waals surface area (Å²) >= 11 is 0. The molecular formula is C28H31F2N5O. The van der Waals surface area contributed by atoms with Crippen LogP contribution in [-0.2, 0) is 0 Å². The number of hydrogen-bond acceptors (Lipinski definition) is 6. The minimum Gasteiger partial charge on any atom is -0.483 e. The van der Waals surface area contributed by atoms with Crippen LogP contribution in [0.25, 0.3) is 11.3 Å². The third-order valence-corrected chi connectivity index (χ3v) is 6.50. The summed E-state index contributed by atoms with van der Waals surface area (Å²) in [5, 5.41) is 15.5. The molecule has 0 bridgehead atoms. The van der Waals surface area contributed by atoms with E-state index in [2.05, 4.69) is 52.7 Å². The lowest BCUT2D eigenvalue weighted by atomic mass is 9.92.